The van der Waals surface area contributed by atoms with Crippen LogP contribution in [0.5, 0.6) is 0 Å². The molecule has 0 aliphatic heterocycles. The molecular formula is C30H23F3N2O3S. The molecule has 0 bridgehead atoms. The van der Waals surface area contributed by atoms with Gasteiger partial charge in [0.1, 0.15) is 5.82 Å². The van der Waals surface area contributed by atoms with Gasteiger partial charge >= 0.3 is 5.97 Å². The van der Waals surface area contributed by atoms with Gasteiger partial charge in [0.15, 0.2) is 6.61 Å². The highest BCUT2D eigenvalue weighted by atomic mass is 32.2. The number of para-hydroxylation sites is 1. The number of carbonyl (C=O) groups is 2. The molecule has 9 heteroatoms. The summed E-state index contributed by atoms with van der Waals surface area (Å²) in [6.07, 6.45) is 4.11. The van der Waals surface area contributed by atoms with Gasteiger partial charge in [-0.25, -0.2) is 14.2 Å². The Bertz CT molecular complexity index is 1550. The van der Waals surface area contributed by atoms with E-state index in [0.717, 1.165) is 29.5 Å². The van der Waals surface area contributed by atoms with Crippen molar-refractivity contribution in [2.75, 3.05) is 11.9 Å². The fourth-order valence-corrected chi connectivity index (χ4v) is 5.09. The maximum Gasteiger partial charge on any atom is 0.339 e. The van der Waals surface area contributed by atoms with Crippen molar-refractivity contribution in [2.24, 2.45) is 0 Å². The number of esters is 1. The third kappa shape index (κ3) is 6.31. The Kier molecular flexibility index (Phi) is 7.97. The van der Waals surface area contributed by atoms with E-state index in [4.69, 9.17) is 9.72 Å². The van der Waals surface area contributed by atoms with E-state index in [1.807, 2.05) is 24.3 Å². The number of carbonyl (C=O) groups excluding carboxylic acids is 2. The van der Waals surface area contributed by atoms with Gasteiger partial charge in [-0.05, 0) is 84.5 Å². The van der Waals surface area contributed by atoms with Crippen LogP contribution in [-0.2, 0) is 16.0 Å². The molecule has 1 N–H and O–H groups in total. The second-order valence-corrected chi connectivity index (χ2v) is 10.00. The highest BCUT2D eigenvalue weighted by Crippen LogP contribution is 2.36. The van der Waals surface area contributed by atoms with E-state index in [-0.39, 0.29) is 5.82 Å². The molecule has 5 nitrogen and oxygen atoms in total. The summed E-state index contributed by atoms with van der Waals surface area (Å²) in [5.74, 6) is -4.04. The molecule has 0 atom stereocenters. The van der Waals surface area contributed by atoms with Gasteiger partial charge in [0.25, 0.3) is 11.7 Å². The number of halogens is 3. The second kappa shape index (κ2) is 11.7. The van der Waals surface area contributed by atoms with Gasteiger partial charge in [-0.15, -0.1) is 0 Å². The normalized spacial score (nSPS) is 13.9. The zero-order valence-electron chi connectivity index (χ0n) is 20.6. The van der Waals surface area contributed by atoms with Gasteiger partial charge in [0.2, 0.25) is 0 Å². The van der Waals surface area contributed by atoms with Crippen LogP contribution in [0.2, 0.25) is 0 Å². The summed E-state index contributed by atoms with van der Waals surface area (Å²) < 4.78 is 43.8. The Labute approximate surface area is 227 Å². The molecule has 0 saturated heterocycles. The molecular weight excluding hydrogens is 525 g/mol. The van der Waals surface area contributed by atoms with Crippen molar-refractivity contribution < 1.29 is 27.5 Å². The number of alkyl halides is 2. The number of hydrogen-bond donors (Lipinski definition) is 1. The van der Waals surface area contributed by atoms with E-state index in [2.05, 4.69) is 5.32 Å². The number of nitrogens with one attached hydrogen (secondary N) is 1. The number of hydrogen-bond acceptors (Lipinski definition) is 5. The smallest absolute Gasteiger partial charge is 0.339 e. The molecule has 1 amide bonds. The number of thioether (sulfide) groups is 1. The van der Waals surface area contributed by atoms with Gasteiger partial charge in [-0.2, -0.15) is 8.78 Å². The van der Waals surface area contributed by atoms with Gasteiger partial charge < -0.3 is 10.1 Å². The monoisotopic (exact) mass is 548 g/mol. The molecule has 0 saturated carbocycles. The van der Waals surface area contributed by atoms with Crippen molar-refractivity contribution in [1.82, 2.24) is 4.98 Å². The Balaban J connectivity index is 1.38. The number of amides is 1. The fourth-order valence-electron chi connectivity index (χ4n) is 4.59. The third-order valence-corrected chi connectivity index (χ3v) is 7.01. The number of aromatic nitrogens is 1. The molecule has 1 aliphatic carbocycles. The lowest BCUT2D eigenvalue weighted by atomic mass is 9.86. The zero-order valence-corrected chi connectivity index (χ0v) is 21.4. The van der Waals surface area contributed by atoms with Crippen molar-refractivity contribution >= 4 is 51.9 Å². The minimum Gasteiger partial charge on any atom is -0.452 e. The molecule has 1 heterocycles. The van der Waals surface area contributed by atoms with E-state index in [0.29, 0.717) is 50.9 Å². The van der Waals surface area contributed by atoms with Gasteiger partial charge in [0.05, 0.1) is 16.8 Å². The lowest BCUT2D eigenvalue weighted by Gasteiger charge is -2.22. The molecule has 5 rings (SSSR count). The number of rotatable bonds is 7. The summed E-state index contributed by atoms with van der Waals surface area (Å²) in [7, 11) is 0. The molecule has 3 aromatic carbocycles. The largest absolute Gasteiger partial charge is 0.452 e. The standard InChI is InChI=1S/C30H23F3N2O3S/c31-20-10-8-18(9-11-20)16-19-4-3-6-24-27(23-5-1-2-7-25(23)35-28(19)24)29(37)38-17-26(36)34-21-12-14-22(15-13-21)39-30(32)33/h1-2,5,7-16,30H,3-4,6,17H2,(H,34,36). The first-order valence-corrected chi connectivity index (χ1v) is 13.2. The summed E-state index contributed by atoms with van der Waals surface area (Å²) >= 11 is 0.411. The number of benzene rings is 3. The minimum absolute atomic E-state index is 0.317. The summed E-state index contributed by atoms with van der Waals surface area (Å²) in [5.41, 5.74) is 4.62. The van der Waals surface area contributed by atoms with E-state index in [1.54, 1.807) is 18.2 Å². The second-order valence-electron chi connectivity index (χ2n) is 8.93. The van der Waals surface area contributed by atoms with Gasteiger partial charge in [-0.1, -0.05) is 42.1 Å². The number of anilines is 1. The summed E-state index contributed by atoms with van der Waals surface area (Å²) in [5, 5.41) is 3.24. The first kappa shape index (κ1) is 26.5. The molecule has 1 aliphatic rings. The zero-order chi connectivity index (χ0) is 27.4. The number of pyridine rings is 1. The van der Waals surface area contributed by atoms with Crippen LogP contribution >= 0.6 is 11.8 Å². The van der Waals surface area contributed by atoms with Crippen LogP contribution in [0.25, 0.3) is 22.6 Å². The maximum atomic E-state index is 13.4. The van der Waals surface area contributed by atoms with Crippen molar-refractivity contribution in [3.63, 3.8) is 0 Å². The highest BCUT2D eigenvalue weighted by Gasteiger charge is 2.26. The van der Waals surface area contributed by atoms with Crippen LogP contribution in [0.15, 0.2) is 77.7 Å². The van der Waals surface area contributed by atoms with Crippen molar-refractivity contribution in [3.05, 3.63) is 101 Å². The molecule has 39 heavy (non-hydrogen) atoms. The molecule has 0 fully saturated rings. The van der Waals surface area contributed by atoms with Crippen molar-refractivity contribution in [2.45, 2.75) is 29.9 Å². The Morgan fingerprint density at radius 2 is 1.74 bits per heavy atom. The fraction of sp³-hybridized carbons (Fsp3) is 0.167. The first-order valence-electron chi connectivity index (χ1n) is 12.3. The van der Waals surface area contributed by atoms with Gasteiger partial charge in [-0.3, -0.25) is 4.79 Å². The number of fused-ring (bicyclic) bond motifs is 2. The van der Waals surface area contributed by atoms with E-state index < -0.39 is 24.2 Å². The number of nitrogens with zero attached hydrogens (tertiary/aromatic N) is 1. The molecule has 1 aromatic heterocycles. The van der Waals surface area contributed by atoms with Crippen LogP contribution in [0, 0.1) is 5.82 Å². The van der Waals surface area contributed by atoms with Crippen molar-refractivity contribution in [3.8, 4) is 0 Å². The lowest BCUT2D eigenvalue weighted by molar-refractivity contribution is -0.119. The van der Waals surface area contributed by atoms with E-state index in [9.17, 15) is 22.8 Å². The average Bonchev–Trinajstić information content (AvgIpc) is 2.93. The quantitative estimate of drug-likeness (QED) is 0.193. The maximum absolute atomic E-state index is 13.4. The van der Waals surface area contributed by atoms with Crippen LogP contribution in [0.1, 0.15) is 40.0 Å². The predicted octanol–water partition coefficient (Wildman–Crippen LogP) is 7.36. The number of ether oxygens (including phenoxy) is 1. The molecule has 0 radical (unpaired) electrons. The first-order chi connectivity index (χ1) is 18.9. The Hall–Kier alpha value is -4.11. The predicted molar refractivity (Wildman–Crippen MR) is 146 cm³/mol. The summed E-state index contributed by atoms with van der Waals surface area (Å²) in [6.45, 7) is -0.518. The number of allylic oxidation sites excluding steroid dienone is 1. The van der Waals surface area contributed by atoms with E-state index in [1.165, 1.54) is 36.4 Å². The van der Waals surface area contributed by atoms with Crippen LogP contribution < -0.4 is 5.32 Å². The summed E-state index contributed by atoms with van der Waals surface area (Å²) in [6, 6.07) is 19.4. The van der Waals surface area contributed by atoms with Crippen molar-refractivity contribution in [1.29, 1.82) is 0 Å². The van der Waals surface area contributed by atoms with Crippen LogP contribution in [0.4, 0.5) is 18.9 Å². The minimum atomic E-state index is -2.53. The third-order valence-electron chi connectivity index (χ3n) is 6.28. The molecule has 0 spiro atoms. The summed E-state index contributed by atoms with van der Waals surface area (Å²) in [4.78, 5) is 31.1. The highest BCUT2D eigenvalue weighted by molar-refractivity contribution is 7.99. The topological polar surface area (TPSA) is 68.3 Å². The molecule has 0 unspecified atom stereocenters. The Morgan fingerprint density at radius 3 is 2.49 bits per heavy atom. The SMILES string of the molecule is O=C(COC(=O)c1c2c(nc3ccccc13)C(=Cc1ccc(F)cc1)CCC2)Nc1ccc(SC(F)F)cc1. The van der Waals surface area contributed by atoms with Gasteiger partial charge in [0, 0.05) is 16.0 Å². The van der Waals surface area contributed by atoms with E-state index >= 15 is 0 Å². The van der Waals surface area contributed by atoms with Crippen LogP contribution in [-0.4, -0.2) is 29.2 Å². The molecule has 198 valence electrons. The Morgan fingerprint density at radius 1 is 1.00 bits per heavy atom. The molecule has 4 aromatic rings. The average molecular weight is 549 g/mol. The lowest BCUT2D eigenvalue weighted by Crippen LogP contribution is -2.22. The van der Waals surface area contributed by atoms with Crippen LogP contribution in [0.3, 0.4) is 0 Å².